The van der Waals surface area contributed by atoms with E-state index in [1.165, 1.54) is 28.8 Å². The molecule has 6 heterocycles. The molecule has 2 aromatic carbocycles. The van der Waals surface area contributed by atoms with Crippen molar-refractivity contribution in [3.05, 3.63) is 85.4 Å². The topological polar surface area (TPSA) is 421 Å². The molecule has 9 N–H and O–H groups in total. The molecule has 9 rings (SSSR count). The van der Waals surface area contributed by atoms with Gasteiger partial charge in [0.15, 0.2) is 5.60 Å². The Hall–Kier alpha value is -7.67. The Labute approximate surface area is 557 Å². The normalized spacial score (nSPS) is 21.8. The highest BCUT2D eigenvalue weighted by Gasteiger charge is 2.50. The summed E-state index contributed by atoms with van der Waals surface area (Å²) in [6.45, 7) is 3.95. The second-order valence-electron chi connectivity index (χ2n) is 24.2. The molecule has 8 atom stereocenters. The van der Waals surface area contributed by atoms with Gasteiger partial charge in [0.2, 0.25) is 35.8 Å². The number of aliphatic hydroxyl groups is 4. The van der Waals surface area contributed by atoms with Gasteiger partial charge in [0.1, 0.15) is 65.8 Å². The average Bonchev–Trinajstić information content (AvgIpc) is 1.61. The van der Waals surface area contributed by atoms with Gasteiger partial charge in [0, 0.05) is 92.7 Å². The molecular formula is C64H83FN8O23S. The van der Waals surface area contributed by atoms with Crippen molar-refractivity contribution in [3.8, 4) is 17.1 Å². The van der Waals surface area contributed by atoms with Crippen molar-refractivity contribution in [3.63, 3.8) is 0 Å². The smallest absolute Gasteiger partial charge is 0.411 e. The summed E-state index contributed by atoms with van der Waals surface area (Å²) in [6.07, 6.45) is -7.89. The van der Waals surface area contributed by atoms with E-state index in [0.29, 0.717) is 40.9 Å². The van der Waals surface area contributed by atoms with E-state index >= 15 is 4.39 Å². The van der Waals surface area contributed by atoms with Crippen molar-refractivity contribution in [2.24, 2.45) is 11.7 Å². The van der Waals surface area contributed by atoms with Gasteiger partial charge < -0.3 is 89.3 Å². The number of nitrogens with one attached hydrogen (secondary N) is 3. The molecule has 1 unspecified atom stereocenters. The minimum Gasteiger partial charge on any atom is -0.460 e. The lowest BCUT2D eigenvalue weighted by molar-refractivity contribution is -0.277. The number of likely N-dealkylation sites (tertiary alicyclic amines) is 1. The van der Waals surface area contributed by atoms with Crippen molar-refractivity contribution in [2.45, 2.75) is 128 Å². The van der Waals surface area contributed by atoms with E-state index in [1.54, 1.807) is 26.8 Å². The Balaban J connectivity index is 0.765. The zero-order valence-electron chi connectivity index (χ0n) is 54.3. The van der Waals surface area contributed by atoms with Gasteiger partial charge in [0.25, 0.3) is 5.56 Å². The Morgan fingerprint density at radius 2 is 1.56 bits per heavy atom. The first-order valence-corrected chi connectivity index (χ1v) is 34.1. The van der Waals surface area contributed by atoms with Gasteiger partial charge in [-0.25, -0.2) is 27.4 Å². The molecule has 2 aromatic heterocycles. The molecule has 6 amide bonds. The summed E-state index contributed by atoms with van der Waals surface area (Å²) >= 11 is 0. The van der Waals surface area contributed by atoms with Crippen molar-refractivity contribution < 1.29 is 109 Å². The number of esters is 1. The van der Waals surface area contributed by atoms with Crippen LogP contribution in [0.4, 0.5) is 14.9 Å². The summed E-state index contributed by atoms with van der Waals surface area (Å²) in [7, 11) is -3.75. The Bertz CT molecular complexity index is 3780. The van der Waals surface area contributed by atoms with E-state index in [1.807, 2.05) is 0 Å². The predicted octanol–water partition coefficient (Wildman–Crippen LogP) is 0.120. The second-order valence-corrected chi connectivity index (χ2v) is 26.5. The monoisotopic (exact) mass is 1380 g/mol. The number of nitrogens with two attached hydrogens (primary N) is 1. The molecule has 0 spiro atoms. The van der Waals surface area contributed by atoms with Crippen molar-refractivity contribution in [1.82, 2.24) is 30.0 Å². The van der Waals surface area contributed by atoms with Crippen LogP contribution in [0.2, 0.25) is 0 Å². The number of nitrogens with zero attached hydrogens (tertiary/aromatic N) is 4. The van der Waals surface area contributed by atoms with Crippen LogP contribution in [0, 0.1) is 18.7 Å². The van der Waals surface area contributed by atoms with Gasteiger partial charge >= 0.3 is 12.1 Å². The maximum Gasteiger partial charge on any atom is 0.411 e. The third-order valence-corrected chi connectivity index (χ3v) is 18.4. The number of imide groups is 1. The van der Waals surface area contributed by atoms with Crippen LogP contribution in [0.5, 0.6) is 5.75 Å². The fourth-order valence-electron chi connectivity index (χ4n) is 12.1. The number of aliphatic hydroxyl groups excluding tert-OH is 4. The summed E-state index contributed by atoms with van der Waals surface area (Å²) in [6, 6.07) is 6.51. The van der Waals surface area contributed by atoms with Gasteiger partial charge in [-0.05, 0) is 66.6 Å². The summed E-state index contributed by atoms with van der Waals surface area (Å²) in [5.74, 6) is -4.41. The van der Waals surface area contributed by atoms with E-state index in [-0.39, 0.29) is 163 Å². The number of carbonyl (C=O) groups is 7. The maximum absolute atomic E-state index is 15.4. The molecule has 2 saturated heterocycles. The lowest BCUT2D eigenvalue weighted by Crippen LogP contribution is -2.60. The highest BCUT2D eigenvalue weighted by molar-refractivity contribution is 7.90. The Morgan fingerprint density at radius 3 is 2.24 bits per heavy atom. The number of rotatable bonds is 34. The molecule has 2 fully saturated rings. The average molecular weight is 1380 g/mol. The number of aryl methyl sites for hydroxylation is 1. The summed E-state index contributed by atoms with van der Waals surface area (Å²) in [5, 5.41) is 50.2. The summed E-state index contributed by atoms with van der Waals surface area (Å²) < 4.78 is 93.0. The first-order chi connectivity index (χ1) is 46.3. The number of pyridine rings is 2. The molecule has 33 heteroatoms. The number of benzene rings is 2. The molecule has 31 nitrogen and oxygen atoms in total. The molecular weight excluding hydrogens is 1300 g/mol. The minimum atomic E-state index is -3.75. The van der Waals surface area contributed by atoms with E-state index in [9.17, 15) is 67.2 Å². The Morgan fingerprint density at radius 1 is 0.866 bits per heavy atom. The molecule has 530 valence electrons. The molecule has 5 aliphatic rings. The maximum atomic E-state index is 15.4. The molecule has 0 saturated carbocycles. The number of fused-ring (bicyclic) bond motifs is 5. The molecule has 97 heavy (non-hydrogen) atoms. The molecule has 4 aromatic rings. The number of sulfone groups is 1. The third kappa shape index (κ3) is 17.4. The van der Waals surface area contributed by atoms with Gasteiger partial charge in [-0.15, -0.1) is 0 Å². The number of hydrogen-bond acceptors (Lipinski definition) is 25. The zero-order valence-corrected chi connectivity index (χ0v) is 55.1. The van der Waals surface area contributed by atoms with Gasteiger partial charge in [-0.1, -0.05) is 19.9 Å². The minimum absolute atomic E-state index is 0.0110. The largest absolute Gasteiger partial charge is 0.460 e. The summed E-state index contributed by atoms with van der Waals surface area (Å²) in [5.41, 5.74) is 8.27. The fourth-order valence-corrected chi connectivity index (χ4v) is 12.6. The number of aromatic nitrogens is 2. The first-order valence-electron chi connectivity index (χ1n) is 32.0. The van der Waals surface area contributed by atoms with Crippen LogP contribution < -0.4 is 32.0 Å². The van der Waals surface area contributed by atoms with Gasteiger partial charge in [0.05, 0.1) is 99.9 Å². The Kier molecular flexibility index (Phi) is 24.9. The number of amides is 6. The third-order valence-electron chi connectivity index (χ3n) is 17.5. The number of carbonyl (C=O) groups excluding carboxylic acids is 7. The lowest BCUT2D eigenvalue weighted by Gasteiger charge is -2.39. The van der Waals surface area contributed by atoms with Crippen molar-refractivity contribution in [1.29, 1.82) is 0 Å². The number of anilines is 1. The van der Waals surface area contributed by atoms with Crippen LogP contribution in [-0.2, 0) is 108 Å². The fraction of sp³-hybridized carbons (Fsp3) is 0.578. The van der Waals surface area contributed by atoms with Crippen LogP contribution in [0.1, 0.15) is 97.4 Å². The highest BCUT2D eigenvalue weighted by Crippen LogP contribution is 2.46. The van der Waals surface area contributed by atoms with Crippen molar-refractivity contribution in [2.75, 3.05) is 110 Å². The van der Waals surface area contributed by atoms with E-state index in [0.717, 1.165) is 32.6 Å². The van der Waals surface area contributed by atoms with E-state index < -0.39 is 126 Å². The van der Waals surface area contributed by atoms with Crippen LogP contribution in [0.15, 0.2) is 35.1 Å². The van der Waals surface area contributed by atoms with Crippen LogP contribution in [0.3, 0.4) is 0 Å². The SMILES string of the molecule is CC[C@@]1(OCN(CCS(C)(=O)=O)C(=O)OCc2ccc(O[C@@H]3O[C@H](CO)[C@H](O)[C@H](O)[C@H]3O)c(NC(=O)CCNC(=O)CCOCCOCCOCCOCCNC(=O)CCN3C(=O)CC(C)C3=O)c2)C(=O)OCc2c1cc1n(c2=O)Cc2c-1nc1cc(F)c(C)c3c1c2[C@@H](N)CC3. The van der Waals surface area contributed by atoms with Gasteiger partial charge in [-0.3, -0.25) is 38.6 Å². The summed E-state index contributed by atoms with van der Waals surface area (Å²) in [4.78, 5) is 112. The standard InChI is InChI=1S/C64H83FN8O23S/c1-5-64(41-28-46-55-39(30-73(46)60(83)40(41)33-92-62(64)84)53-43(66)8-7-38-36(3)42(65)29-45(70-55)54(38)53)94-34-71(16-25-97(4,86)87)63(85)93-32-37-6-9-47(95-61-58(81)57(80)56(79)48(31-74)96-61)44(27-37)69-51(77)10-13-67-50(76)12-17-88-19-21-90-23-24-91-22-20-89-18-14-68-49(75)11-15-72-52(78)26-35(2)59(72)82/h6,9,27-29,35,43,48,56-58,61,74,79-81H,5,7-8,10-26,30-34,66H2,1-4H3,(H,67,76)(H,68,75)(H,69,77)/t35?,43-,48+,56-,57-,58+,61+,64-/m0/s1. The van der Waals surface area contributed by atoms with Crippen LogP contribution >= 0.6 is 0 Å². The quantitative estimate of drug-likeness (QED) is 0.0117. The lowest BCUT2D eigenvalue weighted by atomic mass is 9.82. The number of ether oxygens (including phenoxy) is 9. The van der Waals surface area contributed by atoms with Crippen molar-refractivity contribution >= 4 is 68.0 Å². The molecule has 0 bridgehead atoms. The highest BCUT2D eigenvalue weighted by atomic mass is 32.2. The number of cyclic esters (lactones) is 1. The van der Waals surface area contributed by atoms with Gasteiger partial charge in [-0.2, -0.15) is 0 Å². The number of halogens is 1. The second kappa shape index (κ2) is 32.8. The zero-order chi connectivity index (χ0) is 69.9. The first kappa shape index (κ1) is 73.6. The van der Waals surface area contributed by atoms with E-state index in [2.05, 4.69) is 16.0 Å². The molecule has 4 aliphatic heterocycles. The molecule has 0 radical (unpaired) electrons. The molecule has 1 aliphatic carbocycles. The van der Waals surface area contributed by atoms with Crippen LogP contribution in [-0.4, -0.2) is 225 Å². The van der Waals surface area contributed by atoms with E-state index in [4.69, 9.17) is 53.3 Å². The predicted molar refractivity (Wildman–Crippen MR) is 338 cm³/mol. The van der Waals surface area contributed by atoms with Crippen LogP contribution in [0.25, 0.3) is 22.3 Å². The number of hydrogen-bond donors (Lipinski definition) is 8.